The highest BCUT2D eigenvalue weighted by atomic mass is 16.6. The van der Waals surface area contributed by atoms with E-state index in [0.29, 0.717) is 6.29 Å². The largest absolute Gasteiger partial charge is 0.463 e. The predicted octanol–water partition coefficient (Wildman–Crippen LogP) is -1.12. The smallest absolute Gasteiger partial charge is 0.303 e. The van der Waals surface area contributed by atoms with Gasteiger partial charge in [0.25, 0.3) is 0 Å². The van der Waals surface area contributed by atoms with Gasteiger partial charge in [-0.15, -0.1) is 0 Å². The fraction of sp³-hybridized carbons (Fsp3) is 0.667. The molecular formula is C15H21NO9. The summed E-state index contributed by atoms with van der Waals surface area (Å²) in [5.74, 6) is -2.53. The molecule has 0 aromatic carbocycles. The molecule has 0 aromatic heterocycles. The second-order valence-corrected chi connectivity index (χ2v) is 5.45. The monoisotopic (exact) mass is 359 g/mol. The van der Waals surface area contributed by atoms with Crippen LogP contribution in [-0.4, -0.2) is 67.2 Å². The number of aldehydes is 1. The summed E-state index contributed by atoms with van der Waals surface area (Å²) in [5.41, 5.74) is 0. The van der Waals surface area contributed by atoms with E-state index in [0.717, 1.165) is 13.8 Å². The van der Waals surface area contributed by atoms with E-state index in [1.807, 2.05) is 0 Å². The molecule has 0 radical (unpaired) electrons. The second-order valence-electron chi connectivity index (χ2n) is 5.45. The Labute approximate surface area is 144 Å². The molecule has 1 N–H and O–H groups in total. The number of carbonyl (C=O) groups is 5. The molecule has 0 spiro atoms. The molecule has 0 bridgehead atoms. The zero-order chi connectivity index (χ0) is 19.1. The molecule has 140 valence electrons. The highest BCUT2D eigenvalue weighted by molar-refractivity contribution is 5.75. The molecule has 5 atom stereocenters. The van der Waals surface area contributed by atoms with E-state index in [1.165, 1.54) is 13.8 Å². The lowest BCUT2D eigenvalue weighted by atomic mass is 9.92. The van der Waals surface area contributed by atoms with Crippen molar-refractivity contribution in [2.75, 3.05) is 6.61 Å². The molecule has 0 aromatic rings. The van der Waals surface area contributed by atoms with Crippen LogP contribution in [0.2, 0.25) is 0 Å². The quantitative estimate of drug-likeness (QED) is 0.355. The van der Waals surface area contributed by atoms with Gasteiger partial charge >= 0.3 is 17.9 Å². The molecule has 1 aliphatic heterocycles. The zero-order valence-electron chi connectivity index (χ0n) is 14.3. The maximum atomic E-state index is 11.5. The van der Waals surface area contributed by atoms with Gasteiger partial charge in [0.05, 0.1) is 0 Å². The van der Waals surface area contributed by atoms with E-state index in [9.17, 15) is 24.0 Å². The summed E-state index contributed by atoms with van der Waals surface area (Å²) >= 11 is 0. The summed E-state index contributed by atoms with van der Waals surface area (Å²) in [7, 11) is 0. The minimum absolute atomic E-state index is 0.331. The van der Waals surface area contributed by atoms with Crippen molar-refractivity contribution in [1.29, 1.82) is 0 Å². The fourth-order valence-corrected chi connectivity index (χ4v) is 2.48. The lowest BCUT2D eigenvalue weighted by Crippen LogP contribution is -2.66. The first-order valence-electron chi connectivity index (χ1n) is 7.51. The van der Waals surface area contributed by atoms with Crippen molar-refractivity contribution in [2.24, 2.45) is 0 Å². The minimum Gasteiger partial charge on any atom is -0.463 e. The normalized spacial score (nSPS) is 28.4. The van der Waals surface area contributed by atoms with Crippen LogP contribution >= 0.6 is 0 Å². The molecule has 1 aliphatic rings. The number of esters is 3. The maximum absolute atomic E-state index is 11.5. The molecule has 1 heterocycles. The number of ether oxygens (including phenoxy) is 4. The molecule has 10 nitrogen and oxygen atoms in total. The molecule has 25 heavy (non-hydrogen) atoms. The van der Waals surface area contributed by atoms with Gasteiger partial charge in [0.15, 0.2) is 18.5 Å². The number of hydrogen-bond donors (Lipinski definition) is 1. The number of rotatable bonds is 6. The van der Waals surface area contributed by atoms with E-state index in [2.05, 4.69) is 5.32 Å². The molecule has 1 rings (SSSR count). The minimum atomic E-state index is -1.20. The standard InChI is InChI=1S/C15H21NO9/c1-7(18)16-13-11(5-17)25-12(6-22-8(2)19)14(23-9(3)20)15(13)24-10(4)21/h5,11-15H,6H2,1-4H3,(H,16,18)/t11-,12?,13?,14-,15?/m1/s1. The Morgan fingerprint density at radius 3 is 1.96 bits per heavy atom. The molecule has 1 amide bonds. The number of nitrogens with one attached hydrogen (secondary N) is 1. The van der Waals surface area contributed by atoms with E-state index >= 15 is 0 Å². The van der Waals surface area contributed by atoms with Gasteiger partial charge in [0.1, 0.15) is 24.9 Å². The van der Waals surface area contributed by atoms with Crippen LogP contribution in [0.3, 0.4) is 0 Å². The third-order valence-electron chi connectivity index (χ3n) is 3.29. The van der Waals surface area contributed by atoms with Crippen LogP contribution in [0.25, 0.3) is 0 Å². The zero-order valence-corrected chi connectivity index (χ0v) is 14.3. The lowest BCUT2D eigenvalue weighted by Gasteiger charge is -2.43. The Balaban J connectivity index is 3.20. The first-order valence-corrected chi connectivity index (χ1v) is 7.51. The van der Waals surface area contributed by atoms with Crippen LogP contribution in [0.5, 0.6) is 0 Å². The summed E-state index contributed by atoms with van der Waals surface area (Å²) in [6.45, 7) is 4.31. The van der Waals surface area contributed by atoms with E-state index < -0.39 is 54.3 Å². The third kappa shape index (κ3) is 6.14. The average Bonchev–Trinajstić information content (AvgIpc) is 2.48. The molecule has 3 unspecified atom stereocenters. The number of hydrogen-bond acceptors (Lipinski definition) is 9. The number of carbonyl (C=O) groups excluding carboxylic acids is 5. The molecule has 0 saturated carbocycles. The van der Waals surface area contributed by atoms with Gasteiger partial charge in [-0.2, -0.15) is 0 Å². The SMILES string of the molecule is CC(=O)NC1C(OC(C)=O)[C@H](OC(C)=O)C(COC(C)=O)O[C@@H]1C=O. The van der Waals surface area contributed by atoms with Crippen molar-refractivity contribution in [3.05, 3.63) is 0 Å². The second kappa shape index (κ2) is 9.11. The molecule has 10 heteroatoms. The number of amides is 1. The van der Waals surface area contributed by atoms with Crippen LogP contribution in [0.4, 0.5) is 0 Å². The van der Waals surface area contributed by atoms with Crippen LogP contribution < -0.4 is 5.32 Å². The highest BCUT2D eigenvalue weighted by Gasteiger charge is 2.50. The van der Waals surface area contributed by atoms with Gasteiger partial charge < -0.3 is 29.1 Å². The van der Waals surface area contributed by atoms with Crippen molar-refractivity contribution in [3.8, 4) is 0 Å². The van der Waals surface area contributed by atoms with Crippen molar-refractivity contribution >= 4 is 30.1 Å². The topological polar surface area (TPSA) is 134 Å². The Kier molecular flexibility index (Phi) is 7.49. The van der Waals surface area contributed by atoms with Crippen LogP contribution in [0, 0.1) is 0 Å². The Morgan fingerprint density at radius 2 is 1.52 bits per heavy atom. The van der Waals surface area contributed by atoms with Gasteiger partial charge in [-0.25, -0.2) is 0 Å². The van der Waals surface area contributed by atoms with Gasteiger partial charge in [-0.05, 0) is 0 Å². The fourth-order valence-electron chi connectivity index (χ4n) is 2.48. The molecule has 1 saturated heterocycles. The van der Waals surface area contributed by atoms with Gasteiger partial charge in [-0.3, -0.25) is 19.2 Å². The maximum Gasteiger partial charge on any atom is 0.303 e. The Bertz CT molecular complexity index is 547. The molecule has 1 fully saturated rings. The average molecular weight is 359 g/mol. The van der Waals surface area contributed by atoms with Crippen LogP contribution in [0.15, 0.2) is 0 Å². The first kappa shape index (κ1) is 20.6. The Morgan fingerprint density at radius 1 is 0.960 bits per heavy atom. The highest BCUT2D eigenvalue weighted by Crippen LogP contribution is 2.26. The molecule has 0 aliphatic carbocycles. The third-order valence-corrected chi connectivity index (χ3v) is 3.29. The van der Waals surface area contributed by atoms with Gasteiger partial charge in [0.2, 0.25) is 5.91 Å². The van der Waals surface area contributed by atoms with E-state index in [1.54, 1.807) is 0 Å². The summed E-state index contributed by atoms with van der Waals surface area (Å²) < 4.78 is 20.7. The van der Waals surface area contributed by atoms with Crippen molar-refractivity contribution < 1.29 is 42.9 Å². The van der Waals surface area contributed by atoms with Gasteiger partial charge in [-0.1, -0.05) is 0 Å². The first-order chi connectivity index (χ1) is 11.6. The van der Waals surface area contributed by atoms with Crippen molar-refractivity contribution in [2.45, 2.75) is 58.2 Å². The lowest BCUT2D eigenvalue weighted by molar-refractivity contribution is -0.219. The van der Waals surface area contributed by atoms with Gasteiger partial charge in [0, 0.05) is 27.7 Å². The Hall–Kier alpha value is -2.49. The van der Waals surface area contributed by atoms with E-state index in [-0.39, 0.29) is 6.61 Å². The molecular weight excluding hydrogens is 338 g/mol. The van der Waals surface area contributed by atoms with Crippen LogP contribution in [-0.2, 0) is 42.9 Å². The summed E-state index contributed by atoms with van der Waals surface area (Å²) in [4.78, 5) is 56.7. The van der Waals surface area contributed by atoms with Crippen molar-refractivity contribution in [1.82, 2.24) is 5.32 Å². The van der Waals surface area contributed by atoms with Crippen LogP contribution in [0.1, 0.15) is 27.7 Å². The van der Waals surface area contributed by atoms with E-state index in [4.69, 9.17) is 18.9 Å². The summed E-state index contributed by atoms with van der Waals surface area (Å²) in [6.07, 6.45) is -4.22. The van der Waals surface area contributed by atoms with Crippen molar-refractivity contribution in [3.63, 3.8) is 0 Å². The summed E-state index contributed by atoms with van der Waals surface area (Å²) in [5, 5.41) is 2.46. The summed E-state index contributed by atoms with van der Waals surface area (Å²) in [6, 6.07) is -1.07. The predicted molar refractivity (Wildman–Crippen MR) is 80.1 cm³/mol.